The number of guanidine groups is 1. The van der Waals surface area contributed by atoms with Gasteiger partial charge in [0.15, 0.2) is 5.96 Å². The first-order chi connectivity index (χ1) is 13.3. The van der Waals surface area contributed by atoms with Crippen LogP contribution < -0.4 is 10.6 Å². The van der Waals surface area contributed by atoms with Crippen molar-refractivity contribution < 1.29 is 0 Å². The molecule has 1 fully saturated rings. The fraction of sp³-hybridized carbons (Fsp3) is 0.455. The van der Waals surface area contributed by atoms with Gasteiger partial charge >= 0.3 is 0 Å². The number of pyridine rings is 1. The molecule has 2 N–H and O–H groups in total. The van der Waals surface area contributed by atoms with Gasteiger partial charge in [0.1, 0.15) is 0 Å². The summed E-state index contributed by atoms with van der Waals surface area (Å²) in [6.07, 6.45) is 5.42. The van der Waals surface area contributed by atoms with Crippen molar-refractivity contribution in [2.45, 2.75) is 38.8 Å². The second-order valence-corrected chi connectivity index (χ2v) is 7.10. The minimum atomic E-state index is 0. The highest BCUT2D eigenvalue weighted by Crippen LogP contribution is 2.17. The van der Waals surface area contributed by atoms with E-state index >= 15 is 0 Å². The van der Waals surface area contributed by atoms with Gasteiger partial charge in [-0.25, -0.2) is 0 Å². The molecule has 2 heterocycles. The minimum absolute atomic E-state index is 0. The summed E-state index contributed by atoms with van der Waals surface area (Å²) in [5, 5.41) is 7.04. The zero-order valence-electron chi connectivity index (χ0n) is 16.9. The lowest BCUT2D eigenvalue weighted by Crippen LogP contribution is -2.48. The van der Waals surface area contributed by atoms with Gasteiger partial charge in [-0.1, -0.05) is 31.2 Å². The Labute approximate surface area is 186 Å². The molecule has 1 aliphatic rings. The molecule has 2 aromatic rings. The monoisotopic (exact) mass is 493 g/mol. The van der Waals surface area contributed by atoms with E-state index in [0.717, 1.165) is 23.8 Å². The Morgan fingerprint density at radius 2 is 2.00 bits per heavy atom. The summed E-state index contributed by atoms with van der Waals surface area (Å²) >= 11 is 0. The molecule has 1 aromatic carbocycles. The van der Waals surface area contributed by atoms with Crippen molar-refractivity contribution in [2.75, 3.05) is 26.7 Å². The average molecular weight is 493 g/mol. The first-order valence-corrected chi connectivity index (χ1v) is 9.98. The third kappa shape index (κ3) is 6.74. The molecule has 0 saturated carbocycles. The molecule has 0 spiro atoms. The largest absolute Gasteiger partial charge is 0.354 e. The van der Waals surface area contributed by atoms with Crippen molar-refractivity contribution in [1.29, 1.82) is 0 Å². The van der Waals surface area contributed by atoms with Crippen molar-refractivity contribution in [2.24, 2.45) is 4.99 Å². The van der Waals surface area contributed by atoms with Crippen molar-refractivity contribution in [3.8, 4) is 11.3 Å². The highest BCUT2D eigenvalue weighted by Gasteiger charge is 2.19. The first kappa shape index (κ1) is 22.6. The van der Waals surface area contributed by atoms with Crippen molar-refractivity contribution in [1.82, 2.24) is 20.5 Å². The molecule has 152 valence electrons. The van der Waals surface area contributed by atoms with Gasteiger partial charge in [0, 0.05) is 44.5 Å². The van der Waals surface area contributed by atoms with Crippen LogP contribution in [0.2, 0.25) is 0 Å². The summed E-state index contributed by atoms with van der Waals surface area (Å²) < 4.78 is 0. The zero-order valence-corrected chi connectivity index (χ0v) is 19.2. The van der Waals surface area contributed by atoms with Gasteiger partial charge in [0.25, 0.3) is 0 Å². The van der Waals surface area contributed by atoms with E-state index in [1.54, 1.807) is 0 Å². The molecular weight excluding hydrogens is 461 g/mol. The predicted octanol–water partition coefficient (Wildman–Crippen LogP) is 3.91. The van der Waals surface area contributed by atoms with Crippen LogP contribution in [0.25, 0.3) is 11.3 Å². The van der Waals surface area contributed by atoms with Crippen LogP contribution in [0.1, 0.15) is 31.7 Å². The second kappa shape index (κ2) is 12.0. The Morgan fingerprint density at radius 1 is 1.18 bits per heavy atom. The number of hydrogen-bond acceptors (Lipinski definition) is 3. The van der Waals surface area contributed by atoms with E-state index in [4.69, 9.17) is 0 Å². The highest BCUT2D eigenvalue weighted by atomic mass is 127. The Balaban J connectivity index is 0.00000280. The van der Waals surface area contributed by atoms with Gasteiger partial charge in [-0.3, -0.25) is 9.98 Å². The van der Waals surface area contributed by atoms with Gasteiger partial charge < -0.3 is 15.5 Å². The number of aliphatic imine (C=N–C) groups is 1. The molecule has 1 saturated heterocycles. The molecular formula is C22H32IN5. The van der Waals surface area contributed by atoms with E-state index in [1.807, 2.05) is 31.4 Å². The number of aromatic nitrogens is 1. The predicted molar refractivity (Wildman–Crippen MR) is 128 cm³/mol. The van der Waals surface area contributed by atoms with E-state index in [2.05, 4.69) is 56.7 Å². The lowest BCUT2D eigenvalue weighted by molar-refractivity contribution is 0.206. The quantitative estimate of drug-likeness (QED) is 0.364. The molecule has 0 bridgehead atoms. The van der Waals surface area contributed by atoms with Crippen molar-refractivity contribution in [3.63, 3.8) is 0 Å². The Morgan fingerprint density at radius 3 is 2.68 bits per heavy atom. The van der Waals surface area contributed by atoms with Gasteiger partial charge in [-0.15, -0.1) is 24.0 Å². The number of halogens is 1. The zero-order chi connectivity index (χ0) is 18.9. The van der Waals surface area contributed by atoms with Crippen LogP contribution in [-0.2, 0) is 6.54 Å². The maximum absolute atomic E-state index is 4.44. The van der Waals surface area contributed by atoms with Gasteiger partial charge in [-0.05, 0) is 49.6 Å². The van der Waals surface area contributed by atoms with E-state index < -0.39 is 0 Å². The summed E-state index contributed by atoms with van der Waals surface area (Å²) in [6.45, 7) is 6.56. The lowest BCUT2D eigenvalue weighted by Gasteiger charge is -2.32. The molecule has 28 heavy (non-hydrogen) atoms. The van der Waals surface area contributed by atoms with Crippen molar-refractivity contribution >= 4 is 29.9 Å². The molecule has 0 unspecified atom stereocenters. The van der Waals surface area contributed by atoms with Crippen LogP contribution in [0.4, 0.5) is 0 Å². The number of likely N-dealkylation sites (tertiary alicyclic amines) is 1. The molecule has 3 rings (SSSR count). The Bertz CT molecular complexity index is 727. The van der Waals surface area contributed by atoms with Crippen LogP contribution in [0, 0.1) is 0 Å². The third-order valence-corrected chi connectivity index (χ3v) is 5.04. The van der Waals surface area contributed by atoms with E-state index in [9.17, 15) is 0 Å². The number of benzene rings is 1. The van der Waals surface area contributed by atoms with E-state index in [-0.39, 0.29) is 24.0 Å². The summed E-state index contributed by atoms with van der Waals surface area (Å²) in [7, 11) is 1.84. The van der Waals surface area contributed by atoms with Crippen LogP contribution in [0.3, 0.4) is 0 Å². The highest BCUT2D eigenvalue weighted by molar-refractivity contribution is 14.0. The molecule has 0 amide bonds. The number of nitrogens with one attached hydrogen (secondary N) is 2. The third-order valence-electron chi connectivity index (χ3n) is 5.04. The number of nitrogens with zero attached hydrogens (tertiary/aromatic N) is 3. The molecule has 1 aliphatic heterocycles. The normalized spacial score (nSPS) is 15.7. The maximum Gasteiger partial charge on any atom is 0.191 e. The van der Waals surface area contributed by atoms with Crippen LogP contribution in [0.15, 0.2) is 53.7 Å². The van der Waals surface area contributed by atoms with E-state index in [1.165, 1.54) is 44.5 Å². The molecule has 6 heteroatoms. The van der Waals surface area contributed by atoms with Crippen LogP contribution in [-0.4, -0.2) is 48.6 Å². The standard InChI is InChI=1S/C22H31N5.HI/c1-3-13-27-14-10-20(11-15-27)26-22(23-2)25-17-18-7-6-8-19(16-18)21-9-4-5-12-24-21;/h4-9,12,16,20H,3,10-11,13-15,17H2,1-2H3,(H2,23,25,26);1H. The maximum atomic E-state index is 4.44. The summed E-state index contributed by atoms with van der Waals surface area (Å²) in [5.41, 5.74) is 3.36. The molecule has 1 aromatic heterocycles. The molecule has 5 nitrogen and oxygen atoms in total. The lowest BCUT2D eigenvalue weighted by atomic mass is 10.1. The van der Waals surface area contributed by atoms with Crippen LogP contribution in [0.5, 0.6) is 0 Å². The number of piperidine rings is 1. The van der Waals surface area contributed by atoms with Gasteiger partial charge in [0.05, 0.1) is 5.69 Å². The first-order valence-electron chi connectivity index (χ1n) is 9.98. The van der Waals surface area contributed by atoms with Gasteiger partial charge in [0.2, 0.25) is 0 Å². The average Bonchev–Trinajstić information content (AvgIpc) is 2.73. The second-order valence-electron chi connectivity index (χ2n) is 7.10. The summed E-state index contributed by atoms with van der Waals surface area (Å²) in [4.78, 5) is 11.4. The topological polar surface area (TPSA) is 52.5 Å². The fourth-order valence-corrected chi connectivity index (χ4v) is 3.57. The molecule has 0 atom stereocenters. The SMILES string of the molecule is CCCN1CCC(NC(=NC)NCc2cccc(-c3ccccn3)c2)CC1.I. The van der Waals surface area contributed by atoms with E-state index in [0.29, 0.717) is 6.04 Å². The van der Waals surface area contributed by atoms with Crippen LogP contribution >= 0.6 is 24.0 Å². The Hall–Kier alpha value is -1.67. The van der Waals surface area contributed by atoms with Crippen molar-refractivity contribution in [3.05, 3.63) is 54.2 Å². The Kier molecular flexibility index (Phi) is 9.70. The molecule has 0 aliphatic carbocycles. The smallest absolute Gasteiger partial charge is 0.191 e. The summed E-state index contributed by atoms with van der Waals surface area (Å²) in [6, 6.07) is 15.0. The number of rotatable bonds is 6. The van der Waals surface area contributed by atoms with Gasteiger partial charge in [-0.2, -0.15) is 0 Å². The molecule has 0 radical (unpaired) electrons. The fourth-order valence-electron chi connectivity index (χ4n) is 3.57. The number of hydrogen-bond donors (Lipinski definition) is 2. The summed E-state index contributed by atoms with van der Waals surface area (Å²) in [5.74, 6) is 0.882. The minimum Gasteiger partial charge on any atom is -0.354 e.